The minimum absolute atomic E-state index is 0.122. The first-order valence-corrected chi connectivity index (χ1v) is 12.8. The van der Waals surface area contributed by atoms with Crippen LogP contribution < -0.4 is 0 Å². The van der Waals surface area contributed by atoms with Crippen LogP contribution in [-0.4, -0.2) is 41.8 Å². The Balaban J connectivity index is 1.63. The number of aliphatic hydroxyl groups is 2. The highest BCUT2D eigenvalue weighted by Gasteiger charge is 2.71. The van der Waals surface area contributed by atoms with Gasteiger partial charge in [0.15, 0.2) is 6.29 Å². The molecule has 1 aliphatic heterocycles. The molecular formula is C27H42O5. The number of hydrogen-bond donors (Lipinski definition) is 2. The van der Waals surface area contributed by atoms with E-state index in [0.29, 0.717) is 36.9 Å². The molecular weight excluding hydrogens is 404 g/mol. The molecule has 5 rings (SSSR count). The Bertz CT molecular complexity index is 819. The van der Waals surface area contributed by atoms with Crippen LogP contribution in [0.5, 0.6) is 0 Å². The van der Waals surface area contributed by atoms with Crippen LogP contribution in [0.3, 0.4) is 0 Å². The van der Waals surface area contributed by atoms with Gasteiger partial charge in [-0.2, -0.15) is 0 Å². The third kappa shape index (κ3) is 2.89. The van der Waals surface area contributed by atoms with E-state index in [1.807, 2.05) is 0 Å². The predicted molar refractivity (Wildman–Crippen MR) is 121 cm³/mol. The molecule has 32 heavy (non-hydrogen) atoms. The van der Waals surface area contributed by atoms with Crippen LogP contribution in [0.2, 0.25) is 0 Å². The summed E-state index contributed by atoms with van der Waals surface area (Å²) in [6, 6.07) is 0. The van der Waals surface area contributed by atoms with Gasteiger partial charge in [0.05, 0.1) is 19.3 Å². The SMILES string of the molecule is CC(=O)OC[C@@]12CCC3C(C)(C)CCC[C@]3(C)C1C[C@@H](O)[C@@]1(C)C2CC=C2CO[C@@H](O)[C@@H]21. The Labute approximate surface area is 192 Å². The zero-order valence-electron chi connectivity index (χ0n) is 20.5. The fourth-order valence-electron chi connectivity index (χ4n) is 9.93. The number of allylic oxidation sites excluding steroid dienone is 1. The summed E-state index contributed by atoms with van der Waals surface area (Å²) in [6.07, 6.45) is 8.29. The van der Waals surface area contributed by atoms with Gasteiger partial charge < -0.3 is 19.7 Å². The maximum absolute atomic E-state index is 12.0. The van der Waals surface area contributed by atoms with Crippen LogP contribution in [0.1, 0.15) is 79.6 Å². The maximum atomic E-state index is 12.0. The van der Waals surface area contributed by atoms with E-state index in [0.717, 1.165) is 24.8 Å². The summed E-state index contributed by atoms with van der Waals surface area (Å²) in [6.45, 7) is 11.9. The fourth-order valence-corrected chi connectivity index (χ4v) is 9.93. The van der Waals surface area contributed by atoms with Crippen molar-refractivity contribution in [3.63, 3.8) is 0 Å². The quantitative estimate of drug-likeness (QED) is 0.484. The van der Waals surface area contributed by atoms with Gasteiger partial charge in [-0.3, -0.25) is 4.79 Å². The van der Waals surface area contributed by atoms with Crippen molar-refractivity contribution in [2.45, 2.75) is 92.0 Å². The summed E-state index contributed by atoms with van der Waals surface area (Å²) in [7, 11) is 0. The van der Waals surface area contributed by atoms with Gasteiger partial charge in [0.25, 0.3) is 0 Å². The largest absolute Gasteiger partial charge is 0.465 e. The molecule has 5 aliphatic rings. The molecule has 0 radical (unpaired) electrons. The predicted octanol–water partition coefficient (Wildman–Crippen LogP) is 4.46. The Morgan fingerprint density at radius 3 is 2.59 bits per heavy atom. The topological polar surface area (TPSA) is 76.0 Å². The average molecular weight is 447 g/mol. The molecule has 5 heteroatoms. The van der Waals surface area contributed by atoms with E-state index in [-0.39, 0.29) is 28.6 Å². The van der Waals surface area contributed by atoms with Crippen LogP contribution >= 0.6 is 0 Å². The molecule has 3 unspecified atom stereocenters. The van der Waals surface area contributed by atoms with Gasteiger partial charge in [-0.25, -0.2) is 0 Å². The van der Waals surface area contributed by atoms with Crippen LogP contribution in [0.4, 0.5) is 0 Å². The molecule has 1 heterocycles. The van der Waals surface area contributed by atoms with Gasteiger partial charge in [-0.05, 0) is 72.7 Å². The summed E-state index contributed by atoms with van der Waals surface area (Å²) in [5.74, 6) is 0.662. The summed E-state index contributed by atoms with van der Waals surface area (Å²) >= 11 is 0. The second-order valence-corrected chi connectivity index (χ2v) is 12.9. The van der Waals surface area contributed by atoms with Crippen molar-refractivity contribution in [1.82, 2.24) is 0 Å². The van der Waals surface area contributed by atoms with Crippen molar-refractivity contribution in [3.8, 4) is 0 Å². The zero-order chi connectivity index (χ0) is 23.1. The van der Waals surface area contributed by atoms with E-state index >= 15 is 0 Å². The average Bonchev–Trinajstić information content (AvgIpc) is 3.09. The van der Waals surface area contributed by atoms with E-state index in [4.69, 9.17) is 9.47 Å². The van der Waals surface area contributed by atoms with Gasteiger partial charge in [0, 0.05) is 23.7 Å². The molecule has 0 spiro atoms. The van der Waals surface area contributed by atoms with Gasteiger partial charge in [-0.1, -0.05) is 40.2 Å². The second kappa shape index (κ2) is 7.29. The van der Waals surface area contributed by atoms with Gasteiger partial charge in [-0.15, -0.1) is 0 Å². The van der Waals surface area contributed by atoms with Gasteiger partial charge in [0.2, 0.25) is 0 Å². The minimum atomic E-state index is -0.869. The van der Waals surface area contributed by atoms with Crippen molar-refractivity contribution in [2.24, 2.45) is 45.3 Å². The fraction of sp³-hybridized carbons (Fsp3) is 0.889. The molecule has 3 saturated carbocycles. The first-order valence-electron chi connectivity index (χ1n) is 12.8. The number of esters is 1. The molecule has 5 nitrogen and oxygen atoms in total. The molecule has 0 bridgehead atoms. The maximum Gasteiger partial charge on any atom is 0.302 e. The zero-order valence-corrected chi connectivity index (χ0v) is 20.5. The Kier molecular flexibility index (Phi) is 5.21. The van der Waals surface area contributed by atoms with Crippen molar-refractivity contribution < 1.29 is 24.5 Å². The standard InChI is InChI=1S/C27H42O5/c1-16(28)32-15-27-12-9-18-24(2,3)10-6-11-25(18,4)20(27)13-21(29)26(5)19(27)8-7-17-14-31-23(30)22(17)26/h7,18-23,29-30H,6,8-15H2,1-5H3/t18?,19?,20?,21-,22-,23-,25+,26-,27-/m1/s1. The van der Waals surface area contributed by atoms with Crippen molar-refractivity contribution in [1.29, 1.82) is 0 Å². The number of aliphatic hydroxyl groups excluding tert-OH is 2. The van der Waals surface area contributed by atoms with E-state index in [1.54, 1.807) is 0 Å². The first kappa shape index (κ1) is 22.9. The summed E-state index contributed by atoms with van der Waals surface area (Å²) in [5.41, 5.74) is 0.890. The van der Waals surface area contributed by atoms with Crippen LogP contribution in [0, 0.1) is 45.3 Å². The third-order valence-electron chi connectivity index (χ3n) is 11.2. The number of hydrogen-bond acceptors (Lipinski definition) is 5. The first-order chi connectivity index (χ1) is 15.0. The molecule has 180 valence electrons. The number of carbonyl (C=O) groups excluding carboxylic acids is 1. The lowest BCUT2D eigenvalue weighted by molar-refractivity contribution is -0.263. The highest BCUT2D eigenvalue weighted by atomic mass is 16.6. The van der Waals surface area contributed by atoms with E-state index < -0.39 is 17.8 Å². The molecule has 0 amide bonds. The second-order valence-electron chi connectivity index (χ2n) is 12.9. The number of carbonyl (C=O) groups is 1. The lowest BCUT2D eigenvalue weighted by Crippen LogP contribution is -2.68. The molecule has 0 aromatic heterocycles. The van der Waals surface area contributed by atoms with Crippen LogP contribution in [0.25, 0.3) is 0 Å². The highest BCUT2D eigenvalue weighted by molar-refractivity contribution is 5.66. The van der Waals surface area contributed by atoms with E-state index in [9.17, 15) is 15.0 Å². The van der Waals surface area contributed by atoms with Crippen LogP contribution in [-0.2, 0) is 14.3 Å². The minimum Gasteiger partial charge on any atom is -0.465 e. The lowest BCUT2D eigenvalue weighted by Gasteiger charge is -2.70. The molecule has 0 aromatic rings. The Hall–Kier alpha value is -0.910. The Morgan fingerprint density at radius 2 is 1.88 bits per heavy atom. The monoisotopic (exact) mass is 446 g/mol. The van der Waals surface area contributed by atoms with Gasteiger partial charge >= 0.3 is 5.97 Å². The molecule has 9 atom stereocenters. The normalized spacial score (nSPS) is 51.5. The number of ether oxygens (including phenoxy) is 2. The molecule has 0 aromatic carbocycles. The number of rotatable bonds is 2. The molecule has 4 fully saturated rings. The van der Waals surface area contributed by atoms with Crippen molar-refractivity contribution in [3.05, 3.63) is 11.6 Å². The molecule has 4 aliphatic carbocycles. The van der Waals surface area contributed by atoms with Gasteiger partial charge in [0.1, 0.15) is 0 Å². The number of fused-ring (bicyclic) bond motifs is 7. The smallest absolute Gasteiger partial charge is 0.302 e. The summed E-state index contributed by atoms with van der Waals surface area (Å²) < 4.78 is 11.5. The van der Waals surface area contributed by atoms with Crippen molar-refractivity contribution >= 4 is 5.97 Å². The van der Waals surface area contributed by atoms with Crippen LogP contribution in [0.15, 0.2) is 11.6 Å². The Morgan fingerprint density at radius 1 is 1.12 bits per heavy atom. The summed E-state index contributed by atoms with van der Waals surface area (Å²) in [5, 5.41) is 22.6. The van der Waals surface area contributed by atoms with E-state index in [1.165, 1.54) is 26.2 Å². The molecule has 1 saturated heterocycles. The van der Waals surface area contributed by atoms with Crippen molar-refractivity contribution in [2.75, 3.05) is 13.2 Å². The summed E-state index contributed by atoms with van der Waals surface area (Å²) in [4.78, 5) is 12.0. The highest BCUT2D eigenvalue weighted by Crippen LogP contribution is 2.73. The molecule has 2 N–H and O–H groups in total. The van der Waals surface area contributed by atoms with E-state index in [2.05, 4.69) is 33.8 Å². The lowest BCUT2D eigenvalue weighted by atomic mass is 9.34. The third-order valence-corrected chi connectivity index (χ3v) is 11.2.